The number of hydrogen-bond donors (Lipinski definition) is 1. The standard InChI is InChI=1S/C22H16N2O4/c1-13-4-2-3-5-16(13)22-24-17-11-15(7-9-18(17)28-22)23-21(25)14-6-8-19-20(10-14)27-12-26-19/h2-11H,12H2,1H3,(H,23,25). The minimum Gasteiger partial charge on any atom is -0.454 e. The van der Waals surface area contributed by atoms with Crippen molar-refractivity contribution < 1.29 is 18.7 Å². The van der Waals surface area contributed by atoms with E-state index in [1.807, 2.05) is 31.2 Å². The Hall–Kier alpha value is -3.80. The Morgan fingerprint density at radius 1 is 1.00 bits per heavy atom. The summed E-state index contributed by atoms with van der Waals surface area (Å²) < 4.78 is 16.5. The number of carbonyl (C=O) groups is 1. The highest BCUT2D eigenvalue weighted by Crippen LogP contribution is 2.33. The van der Waals surface area contributed by atoms with Crippen LogP contribution in [0.2, 0.25) is 0 Å². The summed E-state index contributed by atoms with van der Waals surface area (Å²) in [6.45, 7) is 2.19. The van der Waals surface area contributed by atoms with Crippen molar-refractivity contribution in [2.45, 2.75) is 6.92 Å². The number of nitrogens with zero attached hydrogens (tertiary/aromatic N) is 1. The third-order valence-corrected chi connectivity index (χ3v) is 4.66. The van der Waals surface area contributed by atoms with Crippen LogP contribution in [0.4, 0.5) is 5.69 Å². The Morgan fingerprint density at radius 2 is 1.86 bits per heavy atom. The third kappa shape index (κ3) is 2.85. The lowest BCUT2D eigenvalue weighted by Gasteiger charge is -2.05. The Bertz CT molecular complexity index is 1210. The Kier molecular flexibility index (Phi) is 3.76. The zero-order valence-electron chi connectivity index (χ0n) is 15.1. The summed E-state index contributed by atoms with van der Waals surface area (Å²) in [5.41, 5.74) is 4.51. The van der Waals surface area contributed by atoms with Gasteiger partial charge in [-0.2, -0.15) is 0 Å². The first-order valence-electron chi connectivity index (χ1n) is 8.85. The van der Waals surface area contributed by atoms with Gasteiger partial charge in [0.25, 0.3) is 5.91 Å². The van der Waals surface area contributed by atoms with E-state index in [4.69, 9.17) is 13.9 Å². The fourth-order valence-electron chi connectivity index (χ4n) is 3.17. The molecule has 0 aliphatic carbocycles. The van der Waals surface area contributed by atoms with E-state index in [0.717, 1.165) is 11.1 Å². The highest BCUT2D eigenvalue weighted by atomic mass is 16.7. The smallest absolute Gasteiger partial charge is 0.255 e. The molecule has 1 aliphatic rings. The van der Waals surface area contributed by atoms with Crippen LogP contribution < -0.4 is 14.8 Å². The summed E-state index contributed by atoms with van der Waals surface area (Å²) in [6, 6.07) is 18.4. The van der Waals surface area contributed by atoms with Crippen LogP contribution in [0.1, 0.15) is 15.9 Å². The van der Waals surface area contributed by atoms with Gasteiger partial charge >= 0.3 is 0 Å². The minimum absolute atomic E-state index is 0.173. The Balaban J connectivity index is 1.42. The summed E-state index contributed by atoms with van der Waals surface area (Å²) in [4.78, 5) is 17.1. The van der Waals surface area contributed by atoms with E-state index in [0.29, 0.717) is 39.7 Å². The molecule has 0 radical (unpaired) electrons. The number of benzene rings is 3. The molecule has 0 spiro atoms. The largest absolute Gasteiger partial charge is 0.454 e. The van der Waals surface area contributed by atoms with Crippen LogP contribution in [0.3, 0.4) is 0 Å². The summed E-state index contributed by atoms with van der Waals surface area (Å²) in [6.07, 6.45) is 0. The first-order chi connectivity index (χ1) is 13.7. The zero-order chi connectivity index (χ0) is 19.1. The van der Waals surface area contributed by atoms with Crippen molar-refractivity contribution in [1.82, 2.24) is 4.98 Å². The van der Waals surface area contributed by atoms with Gasteiger partial charge in [-0.15, -0.1) is 0 Å². The summed E-state index contributed by atoms with van der Waals surface area (Å²) in [5, 5.41) is 2.88. The van der Waals surface area contributed by atoms with E-state index in [1.165, 1.54) is 0 Å². The number of amides is 1. The van der Waals surface area contributed by atoms with Gasteiger partial charge in [0.2, 0.25) is 12.7 Å². The fourth-order valence-corrected chi connectivity index (χ4v) is 3.17. The molecule has 5 rings (SSSR count). The van der Waals surface area contributed by atoms with Crippen molar-refractivity contribution in [3.63, 3.8) is 0 Å². The average Bonchev–Trinajstić information content (AvgIpc) is 3.34. The van der Waals surface area contributed by atoms with Crippen LogP contribution in [-0.4, -0.2) is 17.7 Å². The second-order valence-corrected chi connectivity index (χ2v) is 6.54. The lowest BCUT2D eigenvalue weighted by atomic mass is 10.1. The second-order valence-electron chi connectivity index (χ2n) is 6.54. The Labute approximate surface area is 160 Å². The number of hydrogen-bond acceptors (Lipinski definition) is 5. The minimum atomic E-state index is -0.236. The van der Waals surface area contributed by atoms with Crippen molar-refractivity contribution in [1.29, 1.82) is 0 Å². The summed E-state index contributed by atoms with van der Waals surface area (Å²) >= 11 is 0. The van der Waals surface area contributed by atoms with Crippen LogP contribution in [0, 0.1) is 6.92 Å². The van der Waals surface area contributed by atoms with Gasteiger partial charge in [-0.05, 0) is 55.0 Å². The fraction of sp³-hybridized carbons (Fsp3) is 0.0909. The van der Waals surface area contributed by atoms with Crippen molar-refractivity contribution in [3.05, 3.63) is 71.8 Å². The lowest BCUT2D eigenvalue weighted by Crippen LogP contribution is -2.11. The maximum absolute atomic E-state index is 12.6. The highest BCUT2D eigenvalue weighted by molar-refractivity contribution is 6.05. The number of nitrogens with one attached hydrogen (secondary N) is 1. The molecule has 0 atom stereocenters. The maximum Gasteiger partial charge on any atom is 0.255 e. The molecule has 138 valence electrons. The molecule has 1 aromatic heterocycles. The molecule has 3 aromatic carbocycles. The van der Waals surface area contributed by atoms with Crippen molar-refractivity contribution in [2.75, 3.05) is 12.1 Å². The molecule has 1 N–H and O–H groups in total. The van der Waals surface area contributed by atoms with Gasteiger partial charge in [-0.25, -0.2) is 4.98 Å². The number of aromatic nitrogens is 1. The molecule has 4 aromatic rings. The molecule has 0 fully saturated rings. The molecule has 28 heavy (non-hydrogen) atoms. The maximum atomic E-state index is 12.6. The summed E-state index contributed by atoms with van der Waals surface area (Å²) in [7, 11) is 0. The molecule has 2 heterocycles. The quantitative estimate of drug-likeness (QED) is 0.560. The number of carbonyl (C=O) groups excluding carboxylic acids is 1. The van der Waals surface area contributed by atoms with Gasteiger partial charge in [0.15, 0.2) is 17.1 Å². The molecule has 1 aliphatic heterocycles. The van der Waals surface area contributed by atoms with E-state index in [-0.39, 0.29) is 12.7 Å². The van der Waals surface area contributed by atoms with Gasteiger partial charge < -0.3 is 19.2 Å². The molecule has 6 nitrogen and oxygen atoms in total. The second kappa shape index (κ2) is 6.42. The number of rotatable bonds is 3. The normalized spacial score (nSPS) is 12.3. The van der Waals surface area contributed by atoms with Crippen LogP contribution >= 0.6 is 0 Å². The molecular weight excluding hydrogens is 356 g/mol. The topological polar surface area (TPSA) is 73.6 Å². The van der Waals surface area contributed by atoms with E-state index in [1.54, 1.807) is 36.4 Å². The number of aryl methyl sites for hydroxylation is 1. The highest BCUT2D eigenvalue weighted by Gasteiger charge is 2.17. The molecule has 1 amide bonds. The molecule has 0 unspecified atom stereocenters. The van der Waals surface area contributed by atoms with E-state index in [2.05, 4.69) is 10.3 Å². The van der Waals surface area contributed by atoms with Crippen LogP contribution in [-0.2, 0) is 0 Å². The number of fused-ring (bicyclic) bond motifs is 2. The summed E-state index contributed by atoms with van der Waals surface area (Å²) in [5.74, 6) is 1.54. The first-order valence-corrected chi connectivity index (χ1v) is 8.85. The van der Waals surface area contributed by atoms with Gasteiger partial charge in [-0.3, -0.25) is 4.79 Å². The average molecular weight is 372 g/mol. The van der Waals surface area contributed by atoms with Crippen molar-refractivity contribution in [2.24, 2.45) is 0 Å². The molecule has 0 saturated carbocycles. The van der Waals surface area contributed by atoms with E-state index < -0.39 is 0 Å². The SMILES string of the molecule is Cc1ccccc1-c1nc2cc(NC(=O)c3ccc4c(c3)OCO4)ccc2o1. The van der Waals surface area contributed by atoms with Gasteiger partial charge in [0.05, 0.1) is 0 Å². The predicted octanol–water partition coefficient (Wildman–Crippen LogP) is 4.78. The zero-order valence-corrected chi connectivity index (χ0v) is 15.1. The molecule has 0 saturated heterocycles. The van der Waals surface area contributed by atoms with Crippen LogP contribution in [0.5, 0.6) is 11.5 Å². The third-order valence-electron chi connectivity index (χ3n) is 4.66. The van der Waals surface area contributed by atoms with Crippen LogP contribution in [0.25, 0.3) is 22.6 Å². The number of oxazole rings is 1. The predicted molar refractivity (Wildman–Crippen MR) is 105 cm³/mol. The van der Waals surface area contributed by atoms with Crippen molar-refractivity contribution in [3.8, 4) is 23.0 Å². The number of anilines is 1. The molecule has 0 bridgehead atoms. The van der Waals surface area contributed by atoms with Crippen LogP contribution in [0.15, 0.2) is 65.1 Å². The van der Waals surface area contributed by atoms with Gasteiger partial charge in [-0.1, -0.05) is 18.2 Å². The number of ether oxygens (including phenoxy) is 2. The van der Waals surface area contributed by atoms with Gasteiger partial charge in [0, 0.05) is 16.8 Å². The molecular formula is C22H16N2O4. The lowest BCUT2D eigenvalue weighted by molar-refractivity contribution is 0.102. The molecule has 6 heteroatoms. The van der Waals surface area contributed by atoms with E-state index in [9.17, 15) is 4.79 Å². The van der Waals surface area contributed by atoms with Gasteiger partial charge in [0.1, 0.15) is 5.52 Å². The first kappa shape index (κ1) is 16.4. The van der Waals surface area contributed by atoms with E-state index >= 15 is 0 Å². The Morgan fingerprint density at radius 3 is 2.75 bits per heavy atom. The monoisotopic (exact) mass is 372 g/mol. The van der Waals surface area contributed by atoms with Crippen molar-refractivity contribution >= 4 is 22.7 Å².